The van der Waals surface area contributed by atoms with E-state index in [1.165, 1.54) is 28.3 Å². The highest BCUT2D eigenvalue weighted by Crippen LogP contribution is 2.48. The highest BCUT2D eigenvalue weighted by Gasteiger charge is 2.33. The summed E-state index contributed by atoms with van der Waals surface area (Å²) in [5, 5.41) is 11.1. The van der Waals surface area contributed by atoms with Crippen molar-refractivity contribution in [2.45, 2.75) is 31.0 Å². The Kier molecular flexibility index (Phi) is 4.12. The number of hydrogen-bond acceptors (Lipinski definition) is 4. The van der Waals surface area contributed by atoms with Gasteiger partial charge in [-0.15, -0.1) is 22.7 Å². The van der Waals surface area contributed by atoms with Gasteiger partial charge in [-0.25, -0.2) is 4.98 Å². The minimum absolute atomic E-state index is 0.504. The molecule has 5 rings (SSSR count). The van der Waals surface area contributed by atoms with Crippen molar-refractivity contribution in [1.29, 1.82) is 0 Å². The van der Waals surface area contributed by atoms with Crippen LogP contribution in [0.3, 0.4) is 0 Å². The molecule has 1 fully saturated rings. The van der Waals surface area contributed by atoms with Gasteiger partial charge in [-0.1, -0.05) is 12.1 Å². The highest BCUT2D eigenvalue weighted by molar-refractivity contribution is 7.17. The van der Waals surface area contributed by atoms with E-state index in [0.717, 1.165) is 45.3 Å². The maximum Gasteiger partial charge on any atom is 0.416 e. The third-order valence-electron chi connectivity index (χ3n) is 4.93. The third-order valence-corrected chi connectivity index (χ3v) is 7.39. The average Bonchev–Trinajstić information content (AvgIpc) is 3.07. The molecule has 28 heavy (non-hydrogen) atoms. The summed E-state index contributed by atoms with van der Waals surface area (Å²) in [5.74, 6) is 0.504. The molecule has 0 amide bonds. The molecule has 0 saturated heterocycles. The second-order valence-electron chi connectivity index (χ2n) is 6.91. The normalized spacial score (nSPS) is 16.0. The molecule has 0 aliphatic heterocycles. The minimum atomic E-state index is -4.34. The van der Waals surface area contributed by atoms with Gasteiger partial charge in [-0.2, -0.15) is 13.2 Å². The van der Waals surface area contributed by atoms with E-state index in [1.54, 1.807) is 23.9 Å². The zero-order valence-corrected chi connectivity index (χ0v) is 16.1. The van der Waals surface area contributed by atoms with Crippen LogP contribution in [0, 0.1) is 0 Å². The Morgan fingerprint density at radius 1 is 1.07 bits per heavy atom. The maximum absolute atomic E-state index is 12.8. The Morgan fingerprint density at radius 3 is 2.50 bits per heavy atom. The van der Waals surface area contributed by atoms with Crippen LogP contribution in [-0.4, -0.2) is 14.5 Å². The third kappa shape index (κ3) is 3.05. The number of hydrogen-bond donors (Lipinski definition) is 1. The van der Waals surface area contributed by atoms with Crippen molar-refractivity contribution in [3.8, 4) is 10.4 Å². The van der Waals surface area contributed by atoms with E-state index < -0.39 is 17.8 Å². The molecular weight excluding hydrogens is 405 g/mol. The Morgan fingerprint density at radius 2 is 1.82 bits per heavy atom. The fourth-order valence-electron chi connectivity index (χ4n) is 3.34. The van der Waals surface area contributed by atoms with Crippen LogP contribution in [0.2, 0.25) is 0 Å². The van der Waals surface area contributed by atoms with E-state index in [4.69, 9.17) is 0 Å². The summed E-state index contributed by atoms with van der Waals surface area (Å²) in [7, 11) is 0. The second kappa shape index (κ2) is 6.43. The fourth-order valence-corrected chi connectivity index (χ4v) is 5.64. The maximum atomic E-state index is 12.8. The zero-order chi connectivity index (χ0) is 19.5. The van der Waals surface area contributed by atoms with Gasteiger partial charge in [-0.05, 0) is 48.6 Å². The van der Waals surface area contributed by atoms with Gasteiger partial charge < -0.3 is 5.11 Å². The smallest absolute Gasteiger partial charge is 0.381 e. The van der Waals surface area contributed by atoms with Gasteiger partial charge >= 0.3 is 6.18 Å². The molecular formula is C20H15F3N2OS2. The van der Waals surface area contributed by atoms with Crippen LogP contribution in [0.4, 0.5) is 13.2 Å². The van der Waals surface area contributed by atoms with Crippen LogP contribution in [0.15, 0.2) is 48.9 Å². The number of benzene rings is 1. The van der Waals surface area contributed by atoms with Crippen LogP contribution in [-0.2, 0) is 6.18 Å². The molecule has 3 nitrogen and oxygen atoms in total. The van der Waals surface area contributed by atoms with E-state index in [0.29, 0.717) is 11.5 Å². The number of aromatic nitrogens is 2. The van der Waals surface area contributed by atoms with Crippen LogP contribution < -0.4 is 0 Å². The van der Waals surface area contributed by atoms with Crippen molar-refractivity contribution in [2.75, 3.05) is 0 Å². The molecule has 1 atom stereocenters. The average molecular weight is 420 g/mol. The number of alkyl halides is 3. The second-order valence-corrected chi connectivity index (χ2v) is 9.08. The van der Waals surface area contributed by atoms with Crippen LogP contribution >= 0.6 is 22.7 Å². The Bertz CT molecular complexity index is 1140. The number of thiophene rings is 1. The lowest BCUT2D eigenvalue weighted by molar-refractivity contribution is -0.137. The number of nitrogens with zero attached hydrogens (tertiary/aromatic N) is 2. The molecule has 1 aliphatic rings. The molecule has 4 aromatic rings. The van der Waals surface area contributed by atoms with Crippen molar-refractivity contribution >= 4 is 27.5 Å². The standard InChI is InChI=1S/C20H15F3N2OS2/c21-20(22,23)13-5-3-11(4-6-13)14-7-8-15(27-14)18(26)17-19(12-1-2-12)28-16-9-24-10-25(16)17/h3-10,12,18,26H,1-2H2. The lowest BCUT2D eigenvalue weighted by atomic mass is 10.1. The largest absolute Gasteiger partial charge is 0.416 e. The number of imidazole rings is 1. The van der Waals surface area contributed by atoms with Crippen molar-refractivity contribution in [3.63, 3.8) is 0 Å². The van der Waals surface area contributed by atoms with Gasteiger partial charge in [0, 0.05) is 14.6 Å². The topological polar surface area (TPSA) is 37.5 Å². The molecule has 3 aromatic heterocycles. The molecule has 3 heterocycles. The molecule has 0 bridgehead atoms. The first-order valence-electron chi connectivity index (χ1n) is 8.82. The summed E-state index contributed by atoms with van der Waals surface area (Å²) in [6.45, 7) is 0. The molecule has 8 heteroatoms. The van der Waals surface area contributed by atoms with Crippen LogP contribution in [0.25, 0.3) is 15.3 Å². The zero-order valence-electron chi connectivity index (χ0n) is 14.5. The number of rotatable bonds is 4. The van der Waals surface area contributed by atoms with Gasteiger partial charge in [0.05, 0.1) is 17.5 Å². The number of thiazole rings is 1. The summed E-state index contributed by atoms with van der Waals surface area (Å²) in [4.78, 5) is 7.98. The number of fused-ring (bicyclic) bond motifs is 1. The number of aliphatic hydroxyl groups is 1. The molecule has 1 unspecified atom stereocenters. The van der Waals surface area contributed by atoms with Crippen LogP contribution in [0.1, 0.15) is 45.9 Å². The quantitative estimate of drug-likeness (QED) is 0.433. The van der Waals surface area contributed by atoms with Crippen molar-refractivity contribution in [3.05, 3.63) is 69.9 Å². The highest BCUT2D eigenvalue weighted by atomic mass is 32.1. The van der Waals surface area contributed by atoms with E-state index >= 15 is 0 Å². The lowest BCUT2D eigenvalue weighted by Gasteiger charge is -2.11. The molecule has 0 spiro atoms. The van der Waals surface area contributed by atoms with E-state index in [1.807, 2.05) is 16.5 Å². The first-order chi connectivity index (χ1) is 13.4. The molecule has 1 N–H and O–H groups in total. The Balaban J connectivity index is 1.48. The fraction of sp³-hybridized carbons (Fsp3) is 0.250. The first-order valence-corrected chi connectivity index (χ1v) is 10.4. The predicted octanol–water partition coefficient (Wildman–Crippen LogP) is 6.10. The van der Waals surface area contributed by atoms with Crippen LogP contribution in [0.5, 0.6) is 0 Å². The number of halogens is 3. The van der Waals surface area contributed by atoms with E-state index in [9.17, 15) is 18.3 Å². The summed E-state index contributed by atoms with van der Waals surface area (Å²) < 4.78 is 40.2. The van der Waals surface area contributed by atoms with E-state index in [-0.39, 0.29) is 0 Å². The van der Waals surface area contributed by atoms with Gasteiger partial charge in [0.2, 0.25) is 0 Å². The minimum Gasteiger partial charge on any atom is -0.381 e. The summed E-state index contributed by atoms with van der Waals surface area (Å²) >= 11 is 3.07. The SMILES string of the molecule is OC(c1ccc(-c2ccc(C(F)(F)F)cc2)s1)c1c(C2CC2)sc2cncn12. The molecule has 1 saturated carbocycles. The summed E-state index contributed by atoms with van der Waals surface area (Å²) in [6, 6.07) is 8.81. The summed E-state index contributed by atoms with van der Waals surface area (Å²) in [6.07, 6.45) is 0.668. The number of aliphatic hydroxyl groups excluding tert-OH is 1. The van der Waals surface area contributed by atoms with Gasteiger partial charge in [0.25, 0.3) is 0 Å². The van der Waals surface area contributed by atoms with Gasteiger partial charge in [-0.3, -0.25) is 4.40 Å². The molecule has 1 aromatic carbocycles. The summed E-state index contributed by atoms with van der Waals surface area (Å²) in [5.41, 5.74) is 0.903. The Hall–Kier alpha value is -2.16. The molecule has 1 aliphatic carbocycles. The Labute approximate surface area is 166 Å². The van der Waals surface area contributed by atoms with Gasteiger partial charge in [0.1, 0.15) is 17.3 Å². The van der Waals surface area contributed by atoms with Crippen molar-refractivity contribution in [2.24, 2.45) is 0 Å². The lowest BCUT2D eigenvalue weighted by Crippen LogP contribution is -2.04. The molecule has 144 valence electrons. The molecule has 0 radical (unpaired) electrons. The van der Waals surface area contributed by atoms with E-state index in [2.05, 4.69) is 4.98 Å². The predicted molar refractivity (Wildman–Crippen MR) is 104 cm³/mol. The van der Waals surface area contributed by atoms with Gasteiger partial charge in [0.15, 0.2) is 0 Å². The first kappa shape index (κ1) is 17.9. The van der Waals surface area contributed by atoms with Crippen molar-refractivity contribution < 1.29 is 18.3 Å². The van der Waals surface area contributed by atoms with Crippen molar-refractivity contribution in [1.82, 2.24) is 9.38 Å². The monoisotopic (exact) mass is 420 g/mol.